The average molecular weight is 491 g/mol. The molecule has 33 heavy (non-hydrogen) atoms. The van der Waals surface area contributed by atoms with Gasteiger partial charge in [-0.2, -0.15) is 8.42 Å². The number of hydrogen-bond acceptors (Lipinski definition) is 7. The van der Waals surface area contributed by atoms with Crippen LogP contribution >= 0.6 is 0 Å². The molecule has 4 rings (SSSR count). The van der Waals surface area contributed by atoms with Crippen LogP contribution < -0.4 is 5.32 Å². The number of hydrogen-bond donors (Lipinski definition) is 1. The first kappa shape index (κ1) is 23.4. The third-order valence-corrected chi connectivity index (χ3v) is 8.34. The molecule has 0 spiro atoms. The van der Waals surface area contributed by atoms with Crippen molar-refractivity contribution in [2.24, 2.45) is 0 Å². The van der Waals surface area contributed by atoms with Crippen molar-refractivity contribution in [3.63, 3.8) is 0 Å². The van der Waals surface area contributed by atoms with Crippen LogP contribution in [0.15, 0.2) is 52.3 Å². The Hall–Kier alpha value is -2.73. The highest BCUT2D eigenvalue weighted by molar-refractivity contribution is 7.91. The molecule has 2 unspecified atom stereocenters. The van der Waals surface area contributed by atoms with E-state index >= 15 is 0 Å². The quantitative estimate of drug-likeness (QED) is 0.351. The van der Waals surface area contributed by atoms with Crippen molar-refractivity contribution in [3.05, 3.63) is 59.2 Å². The molecule has 1 saturated heterocycles. The zero-order valence-electron chi connectivity index (χ0n) is 17.8. The molecule has 2 aromatic rings. The third-order valence-electron chi connectivity index (χ3n) is 5.60. The maximum absolute atomic E-state index is 13.0. The lowest BCUT2D eigenvalue weighted by molar-refractivity contribution is -0.136. The van der Waals surface area contributed by atoms with Crippen LogP contribution in [-0.2, 0) is 41.6 Å². The zero-order valence-corrected chi connectivity index (χ0v) is 19.4. The average Bonchev–Trinajstić information content (AvgIpc) is 3.10. The molecule has 0 bridgehead atoms. The van der Waals surface area contributed by atoms with E-state index < -0.39 is 33.2 Å². The summed E-state index contributed by atoms with van der Waals surface area (Å²) < 4.78 is 42.7. The minimum absolute atomic E-state index is 0.0185. The van der Waals surface area contributed by atoms with E-state index in [1.165, 1.54) is 17.0 Å². The maximum Gasteiger partial charge on any atom is 0.297 e. The molecule has 11 heteroatoms. The summed E-state index contributed by atoms with van der Waals surface area (Å²) in [6.45, 7) is 1.63. The summed E-state index contributed by atoms with van der Waals surface area (Å²) in [5, 5.41) is 2.24. The summed E-state index contributed by atoms with van der Waals surface area (Å²) in [7, 11) is -3.98. The number of benzene rings is 2. The van der Waals surface area contributed by atoms with Gasteiger partial charge in [-0.25, -0.2) is 0 Å². The highest BCUT2D eigenvalue weighted by Gasteiger charge is 2.41. The molecule has 2 aromatic carbocycles. The van der Waals surface area contributed by atoms with Gasteiger partial charge in [0, 0.05) is 17.5 Å². The molecule has 0 aromatic heterocycles. The summed E-state index contributed by atoms with van der Waals surface area (Å²) in [5.74, 6) is -1.35. The van der Waals surface area contributed by atoms with Crippen molar-refractivity contribution >= 4 is 39.0 Å². The number of nitrogens with zero attached hydrogens (tertiary/aromatic N) is 1. The summed E-state index contributed by atoms with van der Waals surface area (Å²) in [6, 6.07) is 10.3. The smallest absolute Gasteiger partial charge is 0.297 e. The van der Waals surface area contributed by atoms with Crippen molar-refractivity contribution in [1.82, 2.24) is 10.2 Å². The molecule has 0 saturated carbocycles. The monoisotopic (exact) mass is 490 g/mol. The molecular formula is C22H22N2O7S2. The molecule has 0 aliphatic carbocycles. The molecule has 174 valence electrons. The fourth-order valence-electron chi connectivity index (χ4n) is 3.87. The molecule has 1 N–H and O–H groups in total. The summed E-state index contributed by atoms with van der Waals surface area (Å²) in [6.07, 6.45) is 0.371. The van der Waals surface area contributed by atoms with E-state index in [1.54, 1.807) is 30.3 Å². The van der Waals surface area contributed by atoms with Crippen molar-refractivity contribution in [2.75, 3.05) is 12.4 Å². The number of carbonyl (C=O) groups is 3. The predicted octanol–water partition coefficient (Wildman–Crippen LogP) is 1.27. The Bertz CT molecular complexity index is 1210. The first-order valence-corrected chi connectivity index (χ1v) is 13.0. The molecule has 2 atom stereocenters. The molecule has 2 aliphatic rings. The van der Waals surface area contributed by atoms with Crippen LogP contribution in [0.25, 0.3) is 0 Å². The van der Waals surface area contributed by atoms with Crippen molar-refractivity contribution in [2.45, 2.75) is 42.1 Å². The Morgan fingerprint density at radius 1 is 1.15 bits per heavy atom. The van der Waals surface area contributed by atoms with Gasteiger partial charge in [-0.05, 0) is 48.8 Å². The van der Waals surface area contributed by atoms with Gasteiger partial charge in [-0.3, -0.25) is 23.9 Å². The topological polar surface area (TPSA) is 133 Å². The standard InChI is InChI=1S/C22H22N2O7S2/c1-14-5-7-15(8-6-14)33(29,30)31-11-12-32(28)19-4-2-3-16-17(19)13-24(22(16)27)18-9-10-20(25)23-21(18)26/h2-8,18H,9-13H2,1H3,(H,23,25,26). The van der Waals surface area contributed by atoms with Gasteiger partial charge in [-0.1, -0.05) is 23.8 Å². The maximum atomic E-state index is 13.0. The first-order chi connectivity index (χ1) is 15.7. The molecule has 3 amide bonds. The van der Waals surface area contributed by atoms with Crippen LogP contribution in [0.4, 0.5) is 0 Å². The molecular weight excluding hydrogens is 468 g/mol. The van der Waals surface area contributed by atoms with Crippen molar-refractivity contribution in [3.8, 4) is 0 Å². The van der Waals surface area contributed by atoms with Crippen molar-refractivity contribution < 1.29 is 31.5 Å². The van der Waals surface area contributed by atoms with Gasteiger partial charge in [0.25, 0.3) is 16.0 Å². The van der Waals surface area contributed by atoms with E-state index in [4.69, 9.17) is 4.18 Å². The van der Waals surface area contributed by atoms with Crippen LogP contribution in [0.3, 0.4) is 0 Å². The normalized spacial score (nSPS) is 19.4. The lowest BCUT2D eigenvalue weighted by Crippen LogP contribution is -2.52. The number of nitrogens with one attached hydrogen (secondary N) is 1. The van der Waals surface area contributed by atoms with Crippen LogP contribution in [0.5, 0.6) is 0 Å². The number of fused-ring (bicyclic) bond motifs is 1. The lowest BCUT2D eigenvalue weighted by Gasteiger charge is -2.29. The van der Waals surface area contributed by atoms with Crippen LogP contribution in [0, 0.1) is 6.92 Å². The van der Waals surface area contributed by atoms with E-state index in [9.17, 15) is 27.4 Å². The highest BCUT2D eigenvalue weighted by atomic mass is 32.2. The van der Waals surface area contributed by atoms with Gasteiger partial charge in [-0.15, -0.1) is 0 Å². The summed E-state index contributed by atoms with van der Waals surface area (Å²) in [5.41, 5.74) is 1.79. The Morgan fingerprint density at radius 3 is 2.58 bits per heavy atom. The van der Waals surface area contributed by atoms with Crippen LogP contribution in [-0.4, -0.2) is 54.0 Å². The number of piperidine rings is 1. The number of amides is 3. The van der Waals surface area contributed by atoms with Crippen LogP contribution in [0.1, 0.15) is 34.3 Å². The minimum atomic E-state index is -3.98. The summed E-state index contributed by atoms with van der Waals surface area (Å²) >= 11 is -1.63. The Morgan fingerprint density at radius 2 is 1.88 bits per heavy atom. The fraction of sp³-hybridized carbons (Fsp3) is 0.318. The second-order valence-corrected chi connectivity index (χ2v) is 11.0. The number of carbonyl (C=O) groups excluding carboxylic acids is 3. The minimum Gasteiger partial charge on any atom is -0.611 e. The van der Waals surface area contributed by atoms with Gasteiger partial charge in [0.2, 0.25) is 11.8 Å². The van der Waals surface area contributed by atoms with E-state index in [0.717, 1.165) is 5.56 Å². The van der Waals surface area contributed by atoms with Gasteiger partial charge in [0.05, 0.1) is 11.4 Å². The molecule has 1 fully saturated rings. The summed E-state index contributed by atoms with van der Waals surface area (Å²) in [4.78, 5) is 38.3. The Labute approximate surface area is 194 Å². The fourth-order valence-corrected chi connectivity index (χ4v) is 6.02. The van der Waals surface area contributed by atoms with Gasteiger partial charge < -0.3 is 9.45 Å². The number of imide groups is 1. The highest BCUT2D eigenvalue weighted by Crippen LogP contribution is 2.32. The lowest BCUT2D eigenvalue weighted by atomic mass is 10.0. The molecule has 0 radical (unpaired) electrons. The van der Waals surface area contributed by atoms with E-state index in [1.807, 2.05) is 6.92 Å². The van der Waals surface area contributed by atoms with Crippen LogP contribution in [0.2, 0.25) is 0 Å². The number of aryl methyl sites for hydroxylation is 1. The SMILES string of the molecule is Cc1ccc(S(=O)(=O)OCC[S+]([O-])c2cccc3c2CN(C2CCC(=O)NC2=O)C3=O)cc1. The van der Waals surface area contributed by atoms with E-state index in [2.05, 4.69) is 5.32 Å². The third kappa shape index (κ3) is 4.81. The zero-order chi connectivity index (χ0) is 23.8. The Balaban J connectivity index is 1.44. The molecule has 2 heterocycles. The van der Waals surface area contributed by atoms with Gasteiger partial charge in [0.1, 0.15) is 18.4 Å². The van der Waals surface area contributed by atoms with Crippen molar-refractivity contribution in [1.29, 1.82) is 0 Å². The Kier molecular flexibility index (Phi) is 6.57. The second kappa shape index (κ2) is 9.26. The van der Waals surface area contributed by atoms with Gasteiger partial charge in [0.15, 0.2) is 4.90 Å². The largest absolute Gasteiger partial charge is 0.611 e. The van der Waals surface area contributed by atoms with E-state index in [-0.39, 0.29) is 48.5 Å². The molecule has 2 aliphatic heterocycles. The predicted molar refractivity (Wildman–Crippen MR) is 118 cm³/mol. The molecule has 9 nitrogen and oxygen atoms in total. The number of rotatable bonds is 7. The first-order valence-electron chi connectivity index (χ1n) is 10.3. The second-order valence-electron chi connectivity index (χ2n) is 7.82. The van der Waals surface area contributed by atoms with E-state index in [0.29, 0.717) is 16.0 Å². The van der Waals surface area contributed by atoms with Gasteiger partial charge >= 0.3 is 0 Å².